The van der Waals surface area contributed by atoms with E-state index in [1.807, 2.05) is 19.1 Å². The van der Waals surface area contributed by atoms with Gasteiger partial charge in [0.2, 0.25) is 5.91 Å². The Morgan fingerprint density at radius 1 is 1.41 bits per heavy atom. The largest absolute Gasteiger partial charge is 0.466 e. The summed E-state index contributed by atoms with van der Waals surface area (Å²) in [4.78, 5) is 14.6. The van der Waals surface area contributed by atoms with Gasteiger partial charge in [-0.25, -0.2) is 0 Å². The molecule has 0 bridgehead atoms. The van der Waals surface area contributed by atoms with Crippen molar-refractivity contribution in [1.82, 2.24) is 4.90 Å². The molecule has 0 saturated carbocycles. The molecule has 3 rings (SSSR count). The average molecular weight is 303 g/mol. The highest BCUT2D eigenvalue weighted by Crippen LogP contribution is 2.36. The van der Waals surface area contributed by atoms with E-state index in [1.54, 1.807) is 4.90 Å². The van der Waals surface area contributed by atoms with Crippen molar-refractivity contribution < 1.29 is 13.9 Å². The van der Waals surface area contributed by atoms with Gasteiger partial charge < -0.3 is 19.8 Å². The first-order valence-electron chi connectivity index (χ1n) is 7.66. The van der Waals surface area contributed by atoms with Crippen LogP contribution in [0.5, 0.6) is 0 Å². The number of ether oxygens (including phenoxy) is 1. The first kappa shape index (κ1) is 15.1. The second-order valence-corrected chi connectivity index (χ2v) is 6.24. The third kappa shape index (κ3) is 2.51. The zero-order valence-corrected chi connectivity index (χ0v) is 12.7. The van der Waals surface area contributed by atoms with Crippen LogP contribution in [0.15, 0.2) is 16.5 Å². The van der Waals surface area contributed by atoms with Crippen molar-refractivity contribution in [1.29, 1.82) is 5.26 Å². The van der Waals surface area contributed by atoms with Crippen molar-refractivity contribution in [3.05, 3.63) is 23.7 Å². The molecule has 6 nitrogen and oxygen atoms in total. The summed E-state index contributed by atoms with van der Waals surface area (Å²) < 4.78 is 11.0. The Bertz CT molecular complexity index is 598. The number of amides is 1. The molecule has 2 aliphatic rings. The molecular formula is C16H21N3O3. The van der Waals surface area contributed by atoms with E-state index in [0.717, 1.165) is 11.5 Å². The number of aryl methyl sites for hydroxylation is 1. The number of hydrogen-bond donors (Lipinski definition) is 1. The average Bonchev–Trinajstić information content (AvgIpc) is 3.13. The first-order valence-corrected chi connectivity index (χ1v) is 7.66. The molecule has 2 atom stereocenters. The summed E-state index contributed by atoms with van der Waals surface area (Å²) in [6.07, 6.45) is 0.914. The molecule has 2 fully saturated rings. The van der Waals surface area contributed by atoms with Crippen LogP contribution in [-0.2, 0) is 9.53 Å². The molecular weight excluding hydrogens is 282 g/mol. The van der Waals surface area contributed by atoms with Gasteiger partial charge in [-0.1, -0.05) is 0 Å². The monoisotopic (exact) mass is 303 g/mol. The lowest BCUT2D eigenvalue weighted by atomic mass is 9.80. The molecule has 0 radical (unpaired) electrons. The van der Waals surface area contributed by atoms with Gasteiger partial charge in [-0.05, 0) is 31.9 Å². The number of carbonyl (C=O) groups excluding carboxylic acids is 1. The van der Waals surface area contributed by atoms with Crippen LogP contribution >= 0.6 is 0 Å². The summed E-state index contributed by atoms with van der Waals surface area (Å²) >= 11 is 0. The maximum Gasteiger partial charge on any atom is 0.243 e. The quantitative estimate of drug-likeness (QED) is 0.885. The Kier molecular flexibility index (Phi) is 3.94. The maximum atomic E-state index is 12.8. The Morgan fingerprint density at radius 3 is 2.73 bits per heavy atom. The van der Waals surface area contributed by atoms with Gasteiger partial charge in [0.1, 0.15) is 16.9 Å². The maximum absolute atomic E-state index is 12.8. The predicted octanol–water partition coefficient (Wildman–Crippen LogP) is 1.16. The van der Waals surface area contributed by atoms with E-state index in [-0.39, 0.29) is 17.9 Å². The van der Waals surface area contributed by atoms with Crippen LogP contribution in [-0.4, -0.2) is 43.2 Å². The lowest BCUT2D eigenvalue weighted by molar-refractivity contribution is -0.142. The molecule has 22 heavy (non-hydrogen) atoms. The highest BCUT2D eigenvalue weighted by molar-refractivity contribution is 5.86. The molecule has 3 heterocycles. The van der Waals surface area contributed by atoms with Crippen molar-refractivity contribution in [3.63, 3.8) is 0 Å². The lowest BCUT2D eigenvalue weighted by Crippen LogP contribution is -2.46. The second-order valence-electron chi connectivity index (χ2n) is 6.24. The highest BCUT2D eigenvalue weighted by atomic mass is 16.5. The number of nitrogens with zero attached hydrogens (tertiary/aromatic N) is 2. The smallest absolute Gasteiger partial charge is 0.243 e. The molecule has 1 amide bonds. The van der Waals surface area contributed by atoms with Crippen LogP contribution in [0, 0.1) is 23.7 Å². The summed E-state index contributed by atoms with van der Waals surface area (Å²) in [5, 5.41) is 9.52. The van der Waals surface area contributed by atoms with Gasteiger partial charge in [-0.3, -0.25) is 4.79 Å². The van der Waals surface area contributed by atoms with E-state index in [0.29, 0.717) is 39.1 Å². The molecule has 118 valence electrons. The molecule has 2 N–H and O–H groups in total. The zero-order chi connectivity index (χ0) is 15.7. The predicted molar refractivity (Wildman–Crippen MR) is 78.8 cm³/mol. The van der Waals surface area contributed by atoms with Crippen molar-refractivity contribution >= 4 is 5.91 Å². The van der Waals surface area contributed by atoms with Crippen LogP contribution in [0.4, 0.5) is 0 Å². The van der Waals surface area contributed by atoms with E-state index in [9.17, 15) is 10.1 Å². The van der Waals surface area contributed by atoms with Gasteiger partial charge in [0, 0.05) is 32.3 Å². The zero-order valence-electron chi connectivity index (χ0n) is 12.7. The summed E-state index contributed by atoms with van der Waals surface area (Å²) in [5.74, 6) is 1.54. The minimum absolute atomic E-state index is 0.00627. The van der Waals surface area contributed by atoms with Gasteiger partial charge in [-0.15, -0.1) is 0 Å². The molecule has 1 aromatic rings. The fourth-order valence-corrected chi connectivity index (χ4v) is 3.34. The third-order valence-electron chi connectivity index (χ3n) is 4.75. The molecule has 2 aliphatic heterocycles. The minimum Gasteiger partial charge on any atom is -0.466 e. The molecule has 6 heteroatoms. The van der Waals surface area contributed by atoms with Crippen LogP contribution in [0.2, 0.25) is 0 Å². The standard InChI is InChI=1S/C16H21N3O3/c1-11-2-3-14(22-11)12-8-19(9-13(12)18)15(20)16(10-17)4-6-21-7-5-16/h2-3,12-13H,4-9,18H2,1H3/t12-,13-/m1/s1. The van der Waals surface area contributed by atoms with E-state index < -0.39 is 5.41 Å². The SMILES string of the molecule is Cc1ccc([C@@H]2CN(C(=O)C3(C#N)CCOCC3)C[C@H]2N)o1. The summed E-state index contributed by atoms with van der Waals surface area (Å²) in [6.45, 7) is 3.78. The van der Waals surface area contributed by atoms with Gasteiger partial charge in [0.15, 0.2) is 0 Å². The van der Waals surface area contributed by atoms with E-state index in [4.69, 9.17) is 14.9 Å². The van der Waals surface area contributed by atoms with Crippen LogP contribution in [0.3, 0.4) is 0 Å². The normalized spacial score (nSPS) is 27.6. The van der Waals surface area contributed by atoms with Crippen molar-refractivity contribution in [2.24, 2.45) is 11.1 Å². The Balaban J connectivity index is 1.76. The fourth-order valence-electron chi connectivity index (χ4n) is 3.34. The summed E-state index contributed by atoms with van der Waals surface area (Å²) in [7, 11) is 0. The number of furan rings is 1. The topological polar surface area (TPSA) is 92.5 Å². The number of carbonyl (C=O) groups is 1. The number of likely N-dealkylation sites (tertiary alicyclic amines) is 1. The Hall–Kier alpha value is -1.84. The van der Waals surface area contributed by atoms with E-state index >= 15 is 0 Å². The third-order valence-corrected chi connectivity index (χ3v) is 4.75. The van der Waals surface area contributed by atoms with Crippen LogP contribution in [0.1, 0.15) is 30.3 Å². The second kappa shape index (κ2) is 5.75. The van der Waals surface area contributed by atoms with Crippen molar-refractivity contribution in [3.8, 4) is 6.07 Å². The molecule has 1 aromatic heterocycles. The minimum atomic E-state index is -0.952. The number of hydrogen-bond acceptors (Lipinski definition) is 5. The molecule has 2 saturated heterocycles. The van der Waals surface area contributed by atoms with Crippen molar-refractivity contribution in [2.45, 2.75) is 31.7 Å². The van der Waals surface area contributed by atoms with Gasteiger partial charge >= 0.3 is 0 Å². The van der Waals surface area contributed by atoms with Crippen LogP contribution in [0.25, 0.3) is 0 Å². The Morgan fingerprint density at radius 2 is 2.14 bits per heavy atom. The highest BCUT2D eigenvalue weighted by Gasteiger charge is 2.46. The fraction of sp³-hybridized carbons (Fsp3) is 0.625. The van der Waals surface area contributed by atoms with Gasteiger partial charge in [0.05, 0.1) is 12.0 Å². The van der Waals surface area contributed by atoms with Gasteiger partial charge in [0.25, 0.3) is 0 Å². The number of nitrogens with two attached hydrogens (primary N) is 1. The Labute approximate surface area is 129 Å². The van der Waals surface area contributed by atoms with Crippen molar-refractivity contribution in [2.75, 3.05) is 26.3 Å². The van der Waals surface area contributed by atoms with E-state index in [2.05, 4.69) is 6.07 Å². The molecule has 0 aromatic carbocycles. The van der Waals surface area contributed by atoms with E-state index in [1.165, 1.54) is 0 Å². The molecule has 0 unspecified atom stereocenters. The summed E-state index contributed by atoms with van der Waals surface area (Å²) in [6, 6.07) is 5.89. The lowest BCUT2D eigenvalue weighted by Gasteiger charge is -2.33. The molecule has 0 aliphatic carbocycles. The number of nitriles is 1. The van der Waals surface area contributed by atoms with Crippen LogP contribution < -0.4 is 5.73 Å². The first-order chi connectivity index (χ1) is 10.6. The number of rotatable bonds is 2. The summed E-state index contributed by atoms with van der Waals surface area (Å²) in [5.41, 5.74) is 5.25. The molecule has 0 spiro atoms. The van der Waals surface area contributed by atoms with Gasteiger partial charge in [-0.2, -0.15) is 5.26 Å².